The van der Waals surface area contributed by atoms with E-state index in [4.69, 9.17) is 8.83 Å². The van der Waals surface area contributed by atoms with E-state index in [9.17, 15) is 0 Å². The molecule has 2 aromatic heterocycles. The molecule has 0 fully saturated rings. The average Bonchev–Trinajstić information content (AvgIpc) is 3.90. The van der Waals surface area contributed by atoms with Gasteiger partial charge >= 0.3 is 0 Å². The Morgan fingerprint density at radius 3 is 1.93 bits per heavy atom. The van der Waals surface area contributed by atoms with E-state index in [1.807, 2.05) is 0 Å². The second-order valence-corrected chi connectivity index (χ2v) is 21.2. The Hall–Kier alpha value is -7.24. The smallest absolute Gasteiger partial charge is 0.244 e. The summed E-state index contributed by atoms with van der Waals surface area (Å²) in [5.41, 5.74) is 21.2. The maximum Gasteiger partial charge on any atom is 0.244 e. The van der Waals surface area contributed by atoms with Gasteiger partial charge in [0.15, 0.2) is 0 Å². The van der Waals surface area contributed by atoms with E-state index in [1.165, 1.54) is 34.1 Å². The lowest BCUT2D eigenvalue weighted by Crippen LogP contribution is -2.40. The van der Waals surface area contributed by atoms with Crippen LogP contribution in [0.2, 0.25) is 0 Å². The van der Waals surface area contributed by atoms with Crippen LogP contribution < -0.4 is 21.3 Å². The molecule has 0 spiro atoms. The lowest BCUT2D eigenvalue weighted by atomic mass is 9.60. The monoisotopic (exact) mass is 870 g/mol. The van der Waals surface area contributed by atoms with Crippen molar-refractivity contribution < 1.29 is 8.83 Å². The van der Waals surface area contributed by atoms with Crippen LogP contribution >= 0.6 is 0 Å². The quantitative estimate of drug-likeness (QED) is 0.169. The largest absolute Gasteiger partial charge is 0.469 e. The van der Waals surface area contributed by atoms with Crippen molar-refractivity contribution in [1.29, 1.82) is 0 Å². The molecule has 10 aromatic rings. The Kier molecular flexibility index (Phi) is 9.32. The number of anilines is 5. The zero-order valence-electron chi connectivity index (χ0n) is 39.6. The molecule has 67 heavy (non-hydrogen) atoms. The van der Waals surface area contributed by atoms with Crippen LogP contribution in [0.4, 0.5) is 28.4 Å². The number of rotatable bonds is 6. The third kappa shape index (κ3) is 6.81. The highest BCUT2D eigenvalue weighted by Gasteiger charge is 2.38. The van der Waals surface area contributed by atoms with Crippen LogP contribution in [0, 0.1) is 0 Å². The zero-order valence-corrected chi connectivity index (χ0v) is 39.6. The summed E-state index contributed by atoms with van der Waals surface area (Å²) >= 11 is 0. The van der Waals surface area contributed by atoms with E-state index in [1.54, 1.807) is 0 Å². The number of nitrogens with one attached hydrogen (secondary N) is 1. The van der Waals surface area contributed by atoms with Crippen LogP contribution in [-0.4, -0.2) is 7.28 Å². The van der Waals surface area contributed by atoms with Crippen molar-refractivity contribution in [3.05, 3.63) is 187 Å². The highest BCUT2D eigenvalue weighted by molar-refractivity contribution is 6.73. The topological polar surface area (TPSA) is 41.6 Å². The molecule has 0 bridgehead atoms. The summed E-state index contributed by atoms with van der Waals surface area (Å²) in [7, 11) is 0.596. The summed E-state index contributed by atoms with van der Waals surface area (Å²) < 4.78 is 14.0. The van der Waals surface area contributed by atoms with Gasteiger partial charge in [-0.3, -0.25) is 0 Å². The van der Waals surface area contributed by atoms with Gasteiger partial charge < -0.3 is 19.1 Å². The van der Waals surface area contributed by atoms with Gasteiger partial charge in [0, 0.05) is 50.4 Å². The van der Waals surface area contributed by atoms with E-state index in [0.717, 1.165) is 101 Å². The van der Waals surface area contributed by atoms with Crippen molar-refractivity contribution in [3.8, 4) is 33.4 Å². The lowest BCUT2D eigenvalue weighted by Gasteiger charge is -2.42. The van der Waals surface area contributed by atoms with Gasteiger partial charge in [-0.05, 0) is 128 Å². The SMILES string of the molecule is CC(C)(C)c1ccc(N2c3cc4oc5ccccc5c4c(-c4cc(-c5ccccc5)ccc4Nc4ccc5c(c4)C(C)(C)CCC5(C)C)c3Bc3oc4ccccc4c32)c(-c2ccccc2)c1. The number of nitrogens with zero attached hydrogens (tertiary/aromatic N) is 1. The zero-order chi connectivity index (χ0) is 45.8. The second-order valence-electron chi connectivity index (χ2n) is 21.2. The third-order valence-electron chi connectivity index (χ3n) is 14.9. The van der Waals surface area contributed by atoms with Gasteiger partial charge in [-0.15, -0.1) is 0 Å². The van der Waals surface area contributed by atoms with Gasteiger partial charge in [0.2, 0.25) is 7.28 Å². The van der Waals surface area contributed by atoms with Crippen molar-refractivity contribution in [3.63, 3.8) is 0 Å². The molecule has 328 valence electrons. The number of hydrogen-bond acceptors (Lipinski definition) is 4. The fourth-order valence-corrected chi connectivity index (χ4v) is 11.1. The molecule has 0 saturated carbocycles. The van der Waals surface area contributed by atoms with Gasteiger partial charge in [0.1, 0.15) is 16.7 Å². The molecule has 2 aliphatic rings. The molecule has 8 aromatic carbocycles. The molecule has 1 N–H and O–H groups in total. The van der Waals surface area contributed by atoms with Crippen molar-refractivity contribution in [1.82, 2.24) is 0 Å². The molecule has 5 heteroatoms. The first-order valence-corrected chi connectivity index (χ1v) is 23.9. The maximum atomic E-state index is 7.02. The number of hydrogen-bond donors (Lipinski definition) is 1. The summed E-state index contributed by atoms with van der Waals surface area (Å²) in [5, 5.41) is 7.31. The minimum atomic E-state index is -0.0554. The van der Waals surface area contributed by atoms with Crippen LogP contribution in [0.1, 0.15) is 78.0 Å². The molecule has 0 unspecified atom stereocenters. The van der Waals surface area contributed by atoms with Crippen molar-refractivity contribution in [2.24, 2.45) is 0 Å². The van der Waals surface area contributed by atoms with Gasteiger partial charge in [0.25, 0.3) is 0 Å². The van der Waals surface area contributed by atoms with Gasteiger partial charge in [0.05, 0.1) is 17.0 Å². The van der Waals surface area contributed by atoms with Crippen LogP contribution in [-0.2, 0) is 16.2 Å². The summed E-state index contributed by atoms with van der Waals surface area (Å²) in [6.45, 7) is 16.5. The summed E-state index contributed by atoms with van der Waals surface area (Å²) in [6, 6.07) is 62.0. The highest BCUT2D eigenvalue weighted by Crippen LogP contribution is 2.51. The lowest BCUT2D eigenvalue weighted by molar-refractivity contribution is 0.332. The molecule has 0 saturated heterocycles. The standard InChI is InChI=1S/C62H55BN2O2/c1-60(2,3)41-27-31-50(45(35-41)39-20-12-9-13-21-39)65-51-37-54-55(43-22-14-16-24-52(43)66-54)56(57(51)63-59-58(65)44-23-15-17-25-53(44)67-59)46-34-40(38-18-10-8-11-19-38)26-30-49(46)64-42-28-29-47-48(36-42)62(6,7)33-32-61(47,4)5/h8-31,34-37,63-64H,32-33H2,1-7H3. The molecule has 0 atom stereocenters. The summed E-state index contributed by atoms with van der Waals surface area (Å²) in [6.07, 6.45) is 2.33. The van der Waals surface area contributed by atoms with Crippen molar-refractivity contribution in [2.75, 3.05) is 10.2 Å². The fourth-order valence-electron chi connectivity index (χ4n) is 11.1. The minimum Gasteiger partial charge on any atom is -0.469 e. The molecule has 0 radical (unpaired) electrons. The van der Waals surface area contributed by atoms with Crippen LogP contribution in [0.15, 0.2) is 179 Å². The number of furan rings is 2. The van der Waals surface area contributed by atoms with Crippen LogP contribution in [0.25, 0.3) is 66.3 Å². The van der Waals surface area contributed by atoms with E-state index in [0.29, 0.717) is 7.28 Å². The second kappa shape index (κ2) is 15.2. The summed E-state index contributed by atoms with van der Waals surface area (Å²) in [4.78, 5) is 2.48. The normalized spacial score (nSPS) is 15.0. The number of fused-ring (bicyclic) bond motifs is 8. The van der Waals surface area contributed by atoms with Gasteiger partial charge in [-0.2, -0.15) is 0 Å². The van der Waals surface area contributed by atoms with Crippen molar-refractivity contribution in [2.45, 2.75) is 77.6 Å². The predicted octanol–water partition coefficient (Wildman–Crippen LogP) is 15.9. The maximum absolute atomic E-state index is 7.02. The molecule has 0 amide bonds. The van der Waals surface area contributed by atoms with Gasteiger partial charge in [-0.1, -0.05) is 158 Å². The first-order valence-electron chi connectivity index (χ1n) is 23.9. The molecule has 12 rings (SSSR count). The van der Waals surface area contributed by atoms with E-state index >= 15 is 0 Å². The molecular formula is C62H55BN2O2. The molecule has 3 heterocycles. The third-order valence-corrected chi connectivity index (χ3v) is 14.9. The number of benzene rings is 8. The van der Waals surface area contributed by atoms with E-state index < -0.39 is 0 Å². The molecule has 1 aliphatic carbocycles. The first kappa shape index (κ1) is 41.2. The highest BCUT2D eigenvalue weighted by atomic mass is 16.3. The van der Waals surface area contributed by atoms with E-state index in [-0.39, 0.29) is 16.2 Å². The Balaban J connectivity index is 1.17. The molecule has 1 aliphatic heterocycles. The average molecular weight is 871 g/mol. The summed E-state index contributed by atoms with van der Waals surface area (Å²) in [5.74, 6) is 0. The van der Waals surface area contributed by atoms with Gasteiger partial charge in [-0.25, -0.2) is 0 Å². The Morgan fingerprint density at radius 1 is 0.537 bits per heavy atom. The van der Waals surface area contributed by atoms with E-state index in [2.05, 4.69) is 229 Å². The minimum absolute atomic E-state index is 0.0554. The number of para-hydroxylation sites is 2. The van der Waals surface area contributed by atoms with Crippen molar-refractivity contribution >= 4 is 79.7 Å². The van der Waals surface area contributed by atoms with Crippen LogP contribution in [0.3, 0.4) is 0 Å². The molecular weight excluding hydrogens is 816 g/mol. The van der Waals surface area contributed by atoms with Crippen LogP contribution in [0.5, 0.6) is 0 Å². The Morgan fingerprint density at radius 2 is 1.19 bits per heavy atom. The first-order chi connectivity index (χ1) is 32.3. The Labute approximate surface area is 394 Å². The fraction of sp³-hybridized carbons (Fsp3) is 0.194. The molecule has 4 nitrogen and oxygen atoms in total. The predicted molar refractivity (Wildman–Crippen MR) is 285 cm³/mol. The Bertz CT molecular complexity index is 3570.